The quantitative estimate of drug-likeness (QED) is 0.414. The molecule has 9 nitrogen and oxygen atoms in total. The van der Waals surface area contributed by atoms with Crippen LogP contribution in [0.3, 0.4) is 0 Å². The zero-order chi connectivity index (χ0) is 27.0. The summed E-state index contributed by atoms with van der Waals surface area (Å²) in [6, 6.07) is 0.837. The van der Waals surface area contributed by atoms with Crippen LogP contribution in [0.5, 0.6) is 0 Å². The van der Waals surface area contributed by atoms with Crippen molar-refractivity contribution in [3.8, 4) is 0 Å². The second kappa shape index (κ2) is 12.1. The summed E-state index contributed by atoms with van der Waals surface area (Å²) in [5.41, 5.74) is 0. The molecule has 5 fully saturated rings. The lowest BCUT2D eigenvalue weighted by molar-refractivity contribution is -0.175. The predicted octanol–water partition coefficient (Wildman–Crippen LogP) is 2.12. The van der Waals surface area contributed by atoms with E-state index in [1.54, 1.807) is 14.2 Å². The van der Waals surface area contributed by atoms with E-state index in [1.807, 2.05) is 20.8 Å². The van der Waals surface area contributed by atoms with Crippen molar-refractivity contribution in [1.29, 1.82) is 0 Å². The van der Waals surface area contributed by atoms with Crippen molar-refractivity contribution in [2.24, 2.45) is 23.7 Å². The van der Waals surface area contributed by atoms with Crippen molar-refractivity contribution in [1.82, 2.24) is 15.5 Å². The van der Waals surface area contributed by atoms with Gasteiger partial charge in [-0.1, -0.05) is 0 Å². The molecule has 5 aliphatic rings. The molecule has 5 rings (SSSR count). The van der Waals surface area contributed by atoms with Gasteiger partial charge < -0.3 is 34.5 Å². The van der Waals surface area contributed by atoms with Gasteiger partial charge in [0.25, 0.3) is 0 Å². The van der Waals surface area contributed by atoms with Gasteiger partial charge in [0.05, 0.1) is 36.4 Å². The van der Waals surface area contributed by atoms with Gasteiger partial charge >= 0.3 is 0 Å². The average molecular weight is 536 g/mol. The fraction of sp³-hybridized carbons (Fsp3) is 0.931. The first-order chi connectivity index (χ1) is 18.3. The van der Waals surface area contributed by atoms with E-state index in [4.69, 9.17) is 18.9 Å². The van der Waals surface area contributed by atoms with E-state index in [2.05, 4.69) is 15.5 Å². The van der Waals surface area contributed by atoms with Gasteiger partial charge in [-0.2, -0.15) is 0 Å². The molecule has 0 spiro atoms. The number of hydrogen-bond donors (Lipinski definition) is 2. The van der Waals surface area contributed by atoms with Gasteiger partial charge in [0.2, 0.25) is 11.8 Å². The van der Waals surface area contributed by atoms with Crippen molar-refractivity contribution in [2.75, 3.05) is 33.9 Å². The molecule has 3 aliphatic heterocycles. The minimum absolute atomic E-state index is 0.0287. The highest BCUT2D eigenvalue weighted by Gasteiger charge is 2.64. The monoisotopic (exact) mass is 535 g/mol. The number of rotatable bonds is 10. The number of nitrogens with zero attached hydrogens (tertiary/aromatic N) is 1. The molecule has 0 aromatic carbocycles. The van der Waals surface area contributed by atoms with Gasteiger partial charge in [0.1, 0.15) is 6.10 Å². The molecule has 10 unspecified atom stereocenters. The molecular formula is C29H49N3O6. The smallest absolute Gasteiger partial charge is 0.248 e. The van der Waals surface area contributed by atoms with E-state index in [0.717, 1.165) is 51.5 Å². The van der Waals surface area contributed by atoms with Gasteiger partial charge in [-0.15, -0.1) is 0 Å². The number of carbonyl (C=O) groups is 2. The minimum atomic E-state index is -0.481. The molecule has 2 saturated carbocycles. The third-order valence-corrected chi connectivity index (χ3v) is 10.1. The van der Waals surface area contributed by atoms with Crippen LogP contribution in [0.4, 0.5) is 0 Å². The van der Waals surface area contributed by atoms with Gasteiger partial charge in [0, 0.05) is 39.5 Å². The molecule has 3 saturated heterocycles. The summed E-state index contributed by atoms with van der Waals surface area (Å²) >= 11 is 0. The summed E-state index contributed by atoms with van der Waals surface area (Å²) in [6.45, 7) is 8.12. The lowest BCUT2D eigenvalue weighted by Gasteiger charge is -2.55. The number of fused-ring (bicyclic) bond motifs is 5. The first-order valence-corrected chi connectivity index (χ1v) is 15.0. The van der Waals surface area contributed by atoms with E-state index >= 15 is 0 Å². The third-order valence-electron chi connectivity index (χ3n) is 10.1. The Kier molecular flexibility index (Phi) is 8.99. The minimum Gasteiger partial charge on any atom is -0.379 e. The molecule has 0 aromatic heterocycles. The Labute approximate surface area is 228 Å². The summed E-state index contributed by atoms with van der Waals surface area (Å²) in [4.78, 5) is 29.1. The van der Waals surface area contributed by atoms with E-state index in [1.165, 1.54) is 0 Å². The highest BCUT2D eigenvalue weighted by molar-refractivity contribution is 5.83. The maximum Gasteiger partial charge on any atom is 0.248 e. The SMILES string of the molecule is COC1CCC2C3NCCC4C5CC(O[C@@H](C)C(=O)NCCCOC(C)C)CCC5N(C(=O)C2C1OC)C43. The summed E-state index contributed by atoms with van der Waals surface area (Å²) in [5.74, 6) is 1.29. The van der Waals surface area contributed by atoms with Crippen molar-refractivity contribution < 1.29 is 28.5 Å². The molecule has 216 valence electrons. The Morgan fingerprint density at radius 2 is 1.87 bits per heavy atom. The first kappa shape index (κ1) is 28.3. The average Bonchev–Trinajstić information content (AvgIpc) is 3.25. The Hall–Kier alpha value is -1.26. The van der Waals surface area contributed by atoms with Crippen LogP contribution in [0.25, 0.3) is 0 Å². The molecule has 2 N–H and O–H groups in total. The number of amides is 2. The highest BCUT2D eigenvalue weighted by atomic mass is 16.5. The fourth-order valence-electron chi connectivity index (χ4n) is 8.56. The molecule has 2 aliphatic carbocycles. The van der Waals surface area contributed by atoms with Crippen LogP contribution in [-0.2, 0) is 28.5 Å². The van der Waals surface area contributed by atoms with E-state index in [9.17, 15) is 9.59 Å². The van der Waals surface area contributed by atoms with Crippen molar-refractivity contribution in [3.05, 3.63) is 0 Å². The van der Waals surface area contributed by atoms with Crippen LogP contribution in [-0.4, -0.2) is 99.3 Å². The lowest BCUT2D eigenvalue weighted by Crippen LogP contribution is -2.70. The Morgan fingerprint density at radius 1 is 1.05 bits per heavy atom. The Morgan fingerprint density at radius 3 is 2.61 bits per heavy atom. The number of ether oxygens (including phenoxy) is 4. The largest absolute Gasteiger partial charge is 0.379 e. The molecule has 0 aromatic rings. The topological polar surface area (TPSA) is 98.4 Å². The number of hydrogen-bond acceptors (Lipinski definition) is 7. The van der Waals surface area contributed by atoms with Crippen LogP contribution in [0.2, 0.25) is 0 Å². The zero-order valence-corrected chi connectivity index (χ0v) is 23.9. The second-order valence-electron chi connectivity index (χ2n) is 12.4. The fourth-order valence-corrected chi connectivity index (χ4v) is 8.56. The molecule has 0 radical (unpaired) electrons. The van der Waals surface area contributed by atoms with Gasteiger partial charge in [-0.25, -0.2) is 0 Å². The van der Waals surface area contributed by atoms with Crippen LogP contribution in [0, 0.1) is 23.7 Å². The molecular weight excluding hydrogens is 486 g/mol. The van der Waals surface area contributed by atoms with Crippen LogP contribution >= 0.6 is 0 Å². The van der Waals surface area contributed by atoms with Crippen LogP contribution in [0.15, 0.2) is 0 Å². The number of piperidine rings is 2. The summed E-state index contributed by atoms with van der Waals surface area (Å²) in [6.07, 6.45) is 6.13. The van der Waals surface area contributed by atoms with E-state index in [0.29, 0.717) is 36.9 Å². The van der Waals surface area contributed by atoms with Gasteiger partial charge in [-0.3, -0.25) is 9.59 Å². The molecule has 38 heavy (non-hydrogen) atoms. The Bertz CT molecular complexity index is 841. The number of carbonyl (C=O) groups excluding carboxylic acids is 2. The van der Waals surface area contributed by atoms with Gasteiger partial charge in [0.15, 0.2) is 0 Å². The number of nitrogens with one attached hydrogen (secondary N) is 2. The second-order valence-corrected chi connectivity index (χ2v) is 12.4. The Balaban J connectivity index is 1.23. The molecule has 11 atom stereocenters. The maximum atomic E-state index is 14.2. The third kappa shape index (κ3) is 5.26. The van der Waals surface area contributed by atoms with E-state index in [-0.39, 0.29) is 54.2 Å². The van der Waals surface area contributed by atoms with Crippen LogP contribution in [0.1, 0.15) is 65.7 Å². The lowest BCUT2D eigenvalue weighted by atomic mass is 9.64. The standard InChI is InChI=1S/C29H49N3O6/c1-16(2)37-14-6-12-31-28(33)17(3)38-18-7-9-22-21(15-18)19-11-13-30-25-20-8-10-23(35-4)27(36-5)24(20)29(34)32(22)26(19)25/h16-27,30H,6-15H2,1-5H3,(H,31,33)/t17-,18?,19?,20?,21?,22?,23?,24?,25?,26?,27?/m0/s1. The predicted molar refractivity (Wildman–Crippen MR) is 143 cm³/mol. The highest BCUT2D eigenvalue weighted by Crippen LogP contribution is 2.54. The van der Waals surface area contributed by atoms with Crippen LogP contribution < -0.4 is 10.6 Å². The molecule has 3 heterocycles. The van der Waals surface area contributed by atoms with Crippen molar-refractivity contribution in [3.63, 3.8) is 0 Å². The first-order valence-electron chi connectivity index (χ1n) is 15.0. The normalized spacial score (nSPS) is 40.9. The molecule has 9 heteroatoms. The van der Waals surface area contributed by atoms with E-state index < -0.39 is 6.10 Å². The summed E-state index contributed by atoms with van der Waals surface area (Å²) < 4.78 is 23.6. The summed E-state index contributed by atoms with van der Waals surface area (Å²) in [5, 5.41) is 6.83. The molecule has 2 amide bonds. The zero-order valence-electron chi connectivity index (χ0n) is 23.9. The maximum absolute atomic E-state index is 14.2. The van der Waals surface area contributed by atoms with Crippen molar-refractivity contribution in [2.45, 2.75) is 114 Å². The van der Waals surface area contributed by atoms with Crippen molar-refractivity contribution >= 4 is 11.8 Å². The number of methoxy groups -OCH3 is 2. The molecule has 0 bridgehead atoms. The van der Waals surface area contributed by atoms with Gasteiger partial charge in [-0.05, 0) is 90.0 Å². The summed E-state index contributed by atoms with van der Waals surface area (Å²) in [7, 11) is 3.46.